The summed E-state index contributed by atoms with van der Waals surface area (Å²) in [6.07, 6.45) is 2.83. The Morgan fingerprint density at radius 1 is 1.07 bits per heavy atom. The van der Waals surface area contributed by atoms with Crippen LogP contribution in [0.25, 0.3) is 0 Å². The number of benzene rings is 2. The lowest BCUT2D eigenvalue weighted by Gasteiger charge is -2.46. The summed E-state index contributed by atoms with van der Waals surface area (Å²) >= 11 is 0. The Labute approximate surface area is 161 Å². The van der Waals surface area contributed by atoms with Gasteiger partial charge in [0.05, 0.1) is 12.5 Å². The van der Waals surface area contributed by atoms with Crippen molar-refractivity contribution in [3.63, 3.8) is 0 Å². The van der Waals surface area contributed by atoms with Crippen LogP contribution in [0.5, 0.6) is 5.75 Å². The summed E-state index contributed by atoms with van der Waals surface area (Å²) in [6, 6.07) is 18.7. The highest BCUT2D eigenvalue weighted by Crippen LogP contribution is 2.36. The number of hydrogen-bond acceptors (Lipinski definition) is 3. The zero-order valence-electron chi connectivity index (χ0n) is 16.0. The Morgan fingerprint density at radius 3 is 2.37 bits per heavy atom. The van der Waals surface area contributed by atoms with Crippen LogP contribution in [0.3, 0.4) is 0 Å². The smallest absolute Gasteiger partial charge is 0.231 e. The van der Waals surface area contributed by atoms with Crippen LogP contribution < -0.4 is 10.1 Å². The molecule has 0 saturated carbocycles. The van der Waals surface area contributed by atoms with Crippen molar-refractivity contribution in [2.45, 2.75) is 25.2 Å². The van der Waals surface area contributed by atoms with Gasteiger partial charge in [0.1, 0.15) is 5.75 Å². The van der Waals surface area contributed by atoms with Crippen molar-refractivity contribution in [2.75, 3.05) is 33.3 Å². The highest BCUT2D eigenvalue weighted by Gasteiger charge is 2.46. The summed E-state index contributed by atoms with van der Waals surface area (Å²) in [5, 5.41) is 3.33. The molecule has 1 N–H and O–H groups in total. The van der Waals surface area contributed by atoms with E-state index in [4.69, 9.17) is 4.74 Å². The number of piperidine rings is 1. The van der Waals surface area contributed by atoms with Crippen molar-refractivity contribution in [3.8, 4) is 5.75 Å². The largest absolute Gasteiger partial charge is 0.496 e. The van der Waals surface area contributed by atoms with Gasteiger partial charge in [-0.3, -0.25) is 4.79 Å². The zero-order chi connectivity index (χ0) is 18.7. The van der Waals surface area contributed by atoms with Gasteiger partial charge >= 0.3 is 0 Å². The first-order valence-electron chi connectivity index (χ1n) is 9.89. The molecule has 1 amide bonds. The molecule has 2 heterocycles. The van der Waals surface area contributed by atoms with E-state index in [9.17, 15) is 4.79 Å². The molecule has 2 aliphatic heterocycles. The number of para-hydroxylation sites is 1. The number of amides is 1. The molecule has 4 nitrogen and oxygen atoms in total. The number of hydrogen-bond donors (Lipinski definition) is 1. The third-order valence-corrected chi connectivity index (χ3v) is 6.13. The molecule has 0 atom stereocenters. The van der Waals surface area contributed by atoms with E-state index >= 15 is 0 Å². The van der Waals surface area contributed by atoms with Gasteiger partial charge in [0.25, 0.3) is 0 Å². The minimum atomic E-state index is -0.265. The Hall–Kier alpha value is -2.33. The number of carbonyl (C=O) groups excluding carboxylic acids is 1. The van der Waals surface area contributed by atoms with Crippen molar-refractivity contribution in [2.24, 2.45) is 5.41 Å². The Bertz CT molecular complexity index is 778. The van der Waals surface area contributed by atoms with E-state index in [-0.39, 0.29) is 5.41 Å². The molecule has 2 fully saturated rings. The molecule has 4 rings (SSSR count). The van der Waals surface area contributed by atoms with Crippen LogP contribution in [0.4, 0.5) is 0 Å². The van der Waals surface area contributed by atoms with E-state index in [2.05, 4.69) is 46.6 Å². The molecule has 27 heavy (non-hydrogen) atoms. The van der Waals surface area contributed by atoms with E-state index in [1.807, 2.05) is 18.2 Å². The molecule has 2 aromatic carbocycles. The maximum atomic E-state index is 13.3. The van der Waals surface area contributed by atoms with Gasteiger partial charge in [-0.1, -0.05) is 48.5 Å². The van der Waals surface area contributed by atoms with Crippen LogP contribution in [0.2, 0.25) is 0 Å². The Morgan fingerprint density at radius 2 is 1.74 bits per heavy atom. The molecule has 0 aromatic heterocycles. The first-order chi connectivity index (χ1) is 13.2. The van der Waals surface area contributed by atoms with Crippen LogP contribution in [0.15, 0.2) is 54.6 Å². The molecule has 4 heteroatoms. The topological polar surface area (TPSA) is 41.6 Å². The lowest BCUT2D eigenvalue weighted by Crippen LogP contribution is -2.63. The molecule has 0 radical (unpaired) electrons. The number of nitrogens with one attached hydrogen (secondary N) is 1. The van der Waals surface area contributed by atoms with E-state index in [0.717, 1.165) is 51.2 Å². The van der Waals surface area contributed by atoms with Crippen LogP contribution in [-0.2, 0) is 11.2 Å². The summed E-state index contributed by atoms with van der Waals surface area (Å²) < 4.78 is 5.53. The van der Waals surface area contributed by atoms with Crippen molar-refractivity contribution in [1.29, 1.82) is 0 Å². The lowest BCUT2D eigenvalue weighted by molar-refractivity contribution is -0.146. The number of rotatable bonds is 5. The van der Waals surface area contributed by atoms with Gasteiger partial charge in [-0.15, -0.1) is 0 Å². The maximum absolute atomic E-state index is 13.3. The minimum absolute atomic E-state index is 0.265. The number of likely N-dealkylation sites (tertiary alicyclic amines) is 1. The average molecular weight is 364 g/mol. The predicted molar refractivity (Wildman–Crippen MR) is 107 cm³/mol. The summed E-state index contributed by atoms with van der Waals surface area (Å²) in [5.74, 6) is 1.75. The lowest BCUT2D eigenvalue weighted by atomic mass is 9.74. The molecule has 0 unspecified atom stereocenters. The normalized spacial score (nSPS) is 19.4. The second-order valence-corrected chi connectivity index (χ2v) is 7.85. The third kappa shape index (κ3) is 3.59. The highest BCUT2D eigenvalue weighted by molar-refractivity contribution is 5.85. The second kappa shape index (κ2) is 7.73. The summed E-state index contributed by atoms with van der Waals surface area (Å²) in [7, 11) is 1.73. The molecule has 2 aliphatic rings. The third-order valence-electron chi connectivity index (χ3n) is 6.13. The number of carbonyl (C=O) groups is 1. The summed E-state index contributed by atoms with van der Waals surface area (Å²) in [4.78, 5) is 15.4. The molecule has 142 valence electrons. The monoisotopic (exact) mass is 364 g/mol. The molecule has 2 aromatic rings. The highest BCUT2D eigenvalue weighted by atomic mass is 16.5. The molecule has 0 bridgehead atoms. The fourth-order valence-corrected chi connectivity index (χ4v) is 4.50. The van der Waals surface area contributed by atoms with E-state index < -0.39 is 0 Å². The van der Waals surface area contributed by atoms with Crippen LogP contribution >= 0.6 is 0 Å². The van der Waals surface area contributed by atoms with E-state index in [1.165, 1.54) is 11.1 Å². The van der Waals surface area contributed by atoms with Crippen LogP contribution in [0, 0.1) is 5.41 Å². The molecule has 0 spiro atoms. The average Bonchev–Trinajstić information content (AvgIpc) is 2.71. The fraction of sp³-hybridized carbons (Fsp3) is 0.435. The van der Waals surface area contributed by atoms with Gasteiger partial charge in [-0.2, -0.15) is 0 Å². The summed E-state index contributed by atoms with van der Waals surface area (Å²) in [6.45, 7) is 3.23. The van der Waals surface area contributed by atoms with Crippen LogP contribution in [0.1, 0.15) is 29.9 Å². The van der Waals surface area contributed by atoms with Gasteiger partial charge in [-0.25, -0.2) is 0 Å². The van der Waals surface area contributed by atoms with Gasteiger partial charge in [0.15, 0.2) is 0 Å². The minimum Gasteiger partial charge on any atom is -0.496 e. The van der Waals surface area contributed by atoms with Gasteiger partial charge < -0.3 is 15.0 Å². The van der Waals surface area contributed by atoms with E-state index in [1.54, 1.807) is 7.11 Å². The molecular formula is C23H28N2O2. The van der Waals surface area contributed by atoms with Gasteiger partial charge in [0.2, 0.25) is 5.91 Å². The quantitative estimate of drug-likeness (QED) is 0.886. The van der Waals surface area contributed by atoms with Gasteiger partial charge in [-0.05, 0) is 42.4 Å². The molecular weight excluding hydrogens is 336 g/mol. The summed E-state index contributed by atoms with van der Waals surface area (Å²) in [5.41, 5.74) is 2.26. The van der Waals surface area contributed by atoms with Gasteiger partial charge in [0, 0.05) is 26.2 Å². The van der Waals surface area contributed by atoms with Crippen LogP contribution in [-0.4, -0.2) is 44.1 Å². The number of methoxy groups -OCH3 is 1. The number of nitrogens with zero attached hydrogens (tertiary/aromatic N) is 1. The zero-order valence-corrected chi connectivity index (χ0v) is 16.0. The second-order valence-electron chi connectivity index (χ2n) is 7.85. The van der Waals surface area contributed by atoms with E-state index in [0.29, 0.717) is 11.8 Å². The number of ether oxygens (including phenoxy) is 1. The van der Waals surface area contributed by atoms with Crippen molar-refractivity contribution in [3.05, 3.63) is 65.7 Å². The first-order valence-corrected chi connectivity index (χ1v) is 9.89. The molecule has 0 aliphatic carbocycles. The Balaban J connectivity index is 1.42. The SMILES string of the molecule is COc1ccccc1C1CCN(C(=O)C2(Cc3ccccc3)CNC2)CC1. The molecule has 2 saturated heterocycles. The Kier molecular flexibility index (Phi) is 5.17. The van der Waals surface area contributed by atoms with Crippen molar-refractivity contribution in [1.82, 2.24) is 10.2 Å². The maximum Gasteiger partial charge on any atom is 0.231 e. The first kappa shape index (κ1) is 18.1. The standard InChI is InChI=1S/C23H28N2O2/c1-27-21-10-6-5-9-20(21)19-11-13-25(14-12-19)22(26)23(16-24-17-23)15-18-7-3-2-4-8-18/h2-10,19,24H,11-17H2,1H3. The van der Waals surface area contributed by atoms with Crippen molar-refractivity contribution < 1.29 is 9.53 Å². The predicted octanol–water partition coefficient (Wildman–Crippen LogP) is 3.23. The fourth-order valence-electron chi connectivity index (χ4n) is 4.50. The van der Waals surface area contributed by atoms with Crippen molar-refractivity contribution >= 4 is 5.91 Å².